The van der Waals surface area contributed by atoms with Crippen molar-refractivity contribution in [3.05, 3.63) is 34.9 Å². The van der Waals surface area contributed by atoms with Crippen LogP contribution in [0, 0.1) is 11.8 Å². The highest BCUT2D eigenvalue weighted by molar-refractivity contribution is 5.33. The molecule has 0 bridgehead atoms. The molecule has 2 atom stereocenters. The van der Waals surface area contributed by atoms with E-state index in [2.05, 4.69) is 28.4 Å². The minimum Gasteiger partial charge on any atom is -0.312 e. The van der Waals surface area contributed by atoms with E-state index in [0.29, 0.717) is 0 Å². The summed E-state index contributed by atoms with van der Waals surface area (Å²) in [6, 6.07) is 7.16. The fourth-order valence-electron chi connectivity index (χ4n) is 4.35. The average molecular weight is 256 g/mol. The Labute approximate surface area is 116 Å². The molecule has 2 unspecified atom stereocenters. The molecule has 0 spiro atoms. The van der Waals surface area contributed by atoms with Crippen LogP contribution in [-0.4, -0.2) is 24.5 Å². The number of hydrogen-bond acceptors (Lipinski definition) is 2. The van der Waals surface area contributed by atoms with Gasteiger partial charge in [0.15, 0.2) is 0 Å². The van der Waals surface area contributed by atoms with Gasteiger partial charge < -0.3 is 5.32 Å². The molecule has 1 aromatic carbocycles. The van der Waals surface area contributed by atoms with E-state index in [-0.39, 0.29) is 0 Å². The number of rotatable bonds is 2. The number of hydrogen-bond donors (Lipinski definition) is 1. The molecule has 1 aliphatic carbocycles. The van der Waals surface area contributed by atoms with Gasteiger partial charge in [-0.05, 0) is 54.3 Å². The average Bonchev–Trinajstić information content (AvgIpc) is 2.99. The van der Waals surface area contributed by atoms with Crippen LogP contribution in [0.2, 0.25) is 0 Å². The molecule has 1 N–H and O–H groups in total. The van der Waals surface area contributed by atoms with Crippen molar-refractivity contribution in [2.75, 3.05) is 19.6 Å². The topological polar surface area (TPSA) is 15.3 Å². The van der Waals surface area contributed by atoms with Gasteiger partial charge in [0.1, 0.15) is 0 Å². The molecule has 0 radical (unpaired) electrons. The number of nitrogens with one attached hydrogen (secondary N) is 1. The quantitative estimate of drug-likeness (QED) is 0.875. The van der Waals surface area contributed by atoms with Crippen molar-refractivity contribution >= 4 is 0 Å². The van der Waals surface area contributed by atoms with Gasteiger partial charge in [-0.2, -0.15) is 0 Å². The van der Waals surface area contributed by atoms with Crippen LogP contribution < -0.4 is 5.32 Å². The predicted molar refractivity (Wildman–Crippen MR) is 78.0 cm³/mol. The third-order valence-electron chi connectivity index (χ3n) is 5.37. The number of benzene rings is 1. The first-order chi connectivity index (χ1) is 9.38. The SMILES string of the molecule is c1cc2c(cc1CN1CC3CCCC3C1)CNCC2. The molecule has 1 aromatic rings. The summed E-state index contributed by atoms with van der Waals surface area (Å²) < 4.78 is 0. The van der Waals surface area contributed by atoms with Crippen molar-refractivity contribution in [1.82, 2.24) is 10.2 Å². The molecule has 2 fully saturated rings. The van der Waals surface area contributed by atoms with Crippen LogP contribution in [0.3, 0.4) is 0 Å². The van der Waals surface area contributed by atoms with Gasteiger partial charge in [-0.25, -0.2) is 0 Å². The summed E-state index contributed by atoms with van der Waals surface area (Å²) in [5.41, 5.74) is 4.60. The Bertz CT molecular complexity index is 456. The first-order valence-electron chi connectivity index (χ1n) is 7.92. The van der Waals surface area contributed by atoms with E-state index in [0.717, 1.165) is 24.9 Å². The Morgan fingerprint density at radius 3 is 2.79 bits per heavy atom. The van der Waals surface area contributed by atoms with Gasteiger partial charge in [-0.1, -0.05) is 24.6 Å². The Balaban J connectivity index is 1.45. The molecule has 102 valence electrons. The van der Waals surface area contributed by atoms with Crippen LogP contribution in [0.4, 0.5) is 0 Å². The monoisotopic (exact) mass is 256 g/mol. The molecule has 2 aliphatic heterocycles. The third kappa shape index (κ3) is 2.32. The summed E-state index contributed by atoms with van der Waals surface area (Å²) in [6.45, 7) is 6.07. The second-order valence-electron chi connectivity index (χ2n) is 6.67. The molecule has 0 amide bonds. The van der Waals surface area contributed by atoms with Crippen LogP contribution in [0.25, 0.3) is 0 Å². The first-order valence-corrected chi connectivity index (χ1v) is 7.92. The van der Waals surface area contributed by atoms with E-state index in [1.807, 2.05) is 0 Å². The molecule has 2 nitrogen and oxygen atoms in total. The number of nitrogens with zero attached hydrogens (tertiary/aromatic N) is 1. The Morgan fingerprint density at radius 2 is 1.95 bits per heavy atom. The van der Waals surface area contributed by atoms with E-state index in [1.54, 1.807) is 5.56 Å². The van der Waals surface area contributed by atoms with E-state index in [4.69, 9.17) is 0 Å². The van der Waals surface area contributed by atoms with Crippen molar-refractivity contribution in [2.24, 2.45) is 11.8 Å². The van der Waals surface area contributed by atoms with Gasteiger partial charge >= 0.3 is 0 Å². The lowest BCUT2D eigenvalue weighted by Crippen LogP contribution is -2.25. The maximum atomic E-state index is 3.48. The predicted octanol–water partition coefficient (Wildman–Crippen LogP) is 2.56. The molecule has 2 heterocycles. The van der Waals surface area contributed by atoms with Gasteiger partial charge in [0, 0.05) is 26.2 Å². The van der Waals surface area contributed by atoms with Crippen molar-refractivity contribution < 1.29 is 0 Å². The zero-order valence-corrected chi connectivity index (χ0v) is 11.7. The number of fused-ring (bicyclic) bond motifs is 2. The Kier molecular flexibility index (Phi) is 3.08. The van der Waals surface area contributed by atoms with E-state index < -0.39 is 0 Å². The molecule has 4 rings (SSSR count). The first kappa shape index (κ1) is 11.9. The lowest BCUT2D eigenvalue weighted by Gasteiger charge is -2.21. The second kappa shape index (κ2) is 4.92. The highest BCUT2D eigenvalue weighted by Gasteiger charge is 2.35. The van der Waals surface area contributed by atoms with E-state index in [1.165, 1.54) is 56.4 Å². The summed E-state index contributed by atoms with van der Waals surface area (Å²) in [7, 11) is 0. The third-order valence-corrected chi connectivity index (χ3v) is 5.37. The molecule has 2 heteroatoms. The van der Waals surface area contributed by atoms with Crippen molar-refractivity contribution in [1.29, 1.82) is 0 Å². The molecule has 1 saturated heterocycles. The maximum Gasteiger partial charge on any atom is 0.0234 e. The van der Waals surface area contributed by atoms with Crippen molar-refractivity contribution in [3.8, 4) is 0 Å². The van der Waals surface area contributed by atoms with Gasteiger partial charge in [-0.3, -0.25) is 4.90 Å². The van der Waals surface area contributed by atoms with Crippen LogP contribution in [0.15, 0.2) is 18.2 Å². The Hall–Kier alpha value is -0.860. The standard InChI is InChI=1S/C17H24N2/c1-2-15-11-19(12-16(15)3-1)10-13-4-5-14-6-7-18-9-17(14)8-13/h4-5,8,15-16,18H,1-3,6-7,9-12H2. The van der Waals surface area contributed by atoms with E-state index in [9.17, 15) is 0 Å². The minimum absolute atomic E-state index is 1.01. The molecule has 0 aromatic heterocycles. The van der Waals surface area contributed by atoms with Crippen LogP contribution in [0.5, 0.6) is 0 Å². The van der Waals surface area contributed by atoms with Gasteiger partial charge in [-0.15, -0.1) is 0 Å². The molecule has 1 saturated carbocycles. The summed E-state index contributed by atoms with van der Waals surface area (Å²) in [4.78, 5) is 2.69. The van der Waals surface area contributed by atoms with Crippen LogP contribution in [0.1, 0.15) is 36.0 Å². The van der Waals surface area contributed by atoms with Crippen LogP contribution >= 0.6 is 0 Å². The zero-order valence-electron chi connectivity index (χ0n) is 11.7. The lowest BCUT2D eigenvalue weighted by atomic mass is 9.98. The Morgan fingerprint density at radius 1 is 1.11 bits per heavy atom. The fourth-order valence-corrected chi connectivity index (χ4v) is 4.35. The summed E-state index contributed by atoms with van der Waals surface area (Å²) in [5.74, 6) is 2.03. The minimum atomic E-state index is 1.01. The number of likely N-dealkylation sites (tertiary alicyclic amines) is 1. The zero-order chi connectivity index (χ0) is 12.7. The highest BCUT2D eigenvalue weighted by atomic mass is 15.2. The van der Waals surface area contributed by atoms with Gasteiger partial charge in [0.05, 0.1) is 0 Å². The van der Waals surface area contributed by atoms with Crippen molar-refractivity contribution in [2.45, 2.75) is 38.8 Å². The van der Waals surface area contributed by atoms with Gasteiger partial charge in [0.2, 0.25) is 0 Å². The normalized spacial score (nSPS) is 30.3. The van der Waals surface area contributed by atoms with Crippen molar-refractivity contribution in [3.63, 3.8) is 0 Å². The van der Waals surface area contributed by atoms with E-state index >= 15 is 0 Å². The molecule has 19 heavy (non-hydrogen) atoms. The smallest absolute Gasteiger partial charge is 0.0234 e. The largest absolute Gasteiger partial charge is 0.312 e. The summed E-state index contributed by atoms with van der Waals surface area (Å²) >= 11 is 0. The maximum absolute atomic E-state index is 3.48. The lowest BCUT2D eigenvalue weighted by molar-refractivity contribution is 0.303. The van der Waals surface area contributed by atoms with Crippen LogP contribution in [-0.2, 0) is 19.5 Å². The second-order valence-corrected chi connectivity index (χ2v) is 6.67. The van der Waals surface area contributed by atoms with Gasteiger partial charge in [0.25, 0.3) is 0 Å². The fraction of sp³-hybridized carbons (Fsp3) is 0.647. The molecular formula is C17H24N2. The summed E-state index contributed by atoms with van der Waals surface area (Å²) in [6.07, 6.45) is 5.64. The highest BCUT2D eigenvalue weighted by Crippen LogP contribution is 2.38. The summed E-state index contributed by atoms with van der Waals surface area (Å²) in [5, 5.41) is 3.48. The molecular weight excluding hydrogens is 232 g/mol. The molecule has 3 aliphatic rings.